The largest absolute Gasteiger partial charge is 0.456 e. The van der Waals surface area contributed by atoms with Crippen molar-refractivity contribution in [3.8, 4) is 11.8 Å². The molecule has 0 aromatic heterocycles. The third-order valence-electron chi connectivity index (χ3n) is 2.72. The van der Waals surface area contributed by atoms with Crippen molar-refractivity contribution in [2.75, 3.05) is 0 Å². The van der Waals surface area contributed by atoms with Crippen LogP contribution in [0.1, 0.15) is 17.2 Å². The summed E-state index contributed by atoms with van der Waals surface area (Å²) in [5.41, 5.74) is 1.62. The zero-order valence-electron chi connectivity index (χ0n) is 11.4. The molecule has 0 aliphatic rings. The van der Waals surface area contributed by atoms with Crippen LogP contribution in [0.2, 0.25) is 0 Å². The van der Waals surface area contributed by atoms with Gasteiger partial charge in [-0.15, -0.1) is 0 Å². The third kappa shape index (κ3) is 4.96. The van der Waals surface area contributed by atoms with E-state index in [1.807, 2.05) is 60.7 Å². The molecule has 1 unspecified atom stereocenters. The normalized spacial score (nSPS) is 12.0. The van der Waals surface area contributed by atoms with Gasteiger partial charge in [0.15, 0.2) is 6.10 Å². The van der Waals surface area contributed by atoms with E-state index in [9.17, 15) is 0 Å². The first-order valence-electron chi connectivity index (χ1n) is 6.41. The first-order valence-corrected chi connectivity index (χ1v) is 7.54. The number of hydrogen-bond donors (Lipinski definition) is 1. The molecule has 0 spiro atoms. The van der Waals surface area contributed by atoms with E-state index < -0.39 is 15.8 Å². The fourth-order valence-corrected chi connectivity index (χ4v) is 1.80. The SMILES string of the molecule is N=C(OC(C#Cc1ccccc1)c1ccccc1)C(Cl)(Cl)Cl. The van der Waals surface area contributed by atoms with E-state index in [1.54, 1.807) is 0 Å². The van der Waals surface area contributed by atoms with Gasteiger partial charge >= 0.3 is 0 Å². The Balaban J connectivity index is 2.27. The van der Waals surface area contributed by atoms with Crippen molar-refractivity contribution in [1.82, 2.24) is 0 Å². The van der Waals surface area contributed by atoms with Crippen LogP contribution in [0.3, 0.4) is 0 Å². The third-order valence-corrected chi connectivity index (χ3v) is 3.23. The number of halogens is 3. The number of ether oxygens (including phenoxy) is 1. The summed E-state index contributed by atoms with van der Waals surface area (Å²) in [4.78, 5) is 0. The molecule has 112 valence electrons. The molecule has 0 amide bonds. The Morgan fingerprint density at radius 1 is 0.955 bits per heavy atom. The van der Waals surface area contributed by atoms with Crippen molar-refractivity contribution in [2.24, 2.45) is 0 Å². The Morgan fingerprint density at radius 2 is 1.50 bits per heavy atom. The molecule has 0 radical (unpaired) electrons. The molecule has 0 aliphatic heterocycles. The maximum absolute atomic E-state index is 7.72. The number of rotatable bonds is 2. The van der Waals surface area contributed by atoms with E-state index in [2.05, 4.69) is 11.8 Å². The molecule has 0 saturated carbocycles. The van der Waals surface area contributed by atoms with E-state index >= 15 is 0 Å². The highest BCUT2D eigenvalue weighted by atomic mass is 35.6. The van der Waals surface area contributed by atoms with Crippen molar-refractivity contribution < 1.29 is 4.74 Å². The molecule has 0 saturated heterocycles. The van der Waals surface area contributed by atoms with Crippen LogP contribution in [-0.4, -0.2) is 9.69 Å². The lowest BCUT2D eigenvalue weighted by molar-refractivity contribution is 0.243. The second kappa shape index (κ2) is 7.56. The van der Waals surface area contributed by atoms with Gasteiger partial charge in [0.2, 0.25) is 5.90 Å². The van der Waals surface area contributed by atoms with Gasteiger partial charge in [-0.1, -0.05) is 89.3 Å². The van der Waals surface area contributed by atoms with Crippen molar-refractivity contribution in [2.45, 2.75) is 9.90 Å². The van der Waals surface area contributed by atoms with Crippen LogP contribution >= 0.6 is 34.8 Å². The highest BCUT2D eigenvalue weighted by molar-refractivity contribution is 6.76. The highest BCUT2D eigenvalue weighted by Crippen LogP contribution is 2.30. The zero-order chi connectivity index (χ0) is 16.0. The maximum Gasteiger partial charge on any atom is 0.265 e. The van der Waals surface area contributed by atoms with Crippen LogP contribution < -0.4 is 0 Å². The summed E-state index contributed by atoms with van der Waals surface area (Å²) in [6.45, 7) is 0. The van der Waals surface area contributed by atoms with E-state index in [0.29, 0.717) is 0 Å². The molecule has 2 rings (SSSR count). The number of benzene rings is 2. The highest BCUT2D eigenvalue weighted by Gasteiger charge is 2.30. The Bertz CT molecular complexity index is 685. The molecule has 22 heavy (non-hydrogen) atoms. The molecule has 0 bridgehead atoms. The summed E-state index contributed by atoms with van der Waals surface area (Å²) >= 11 is 17.0. The number of nitrogens with one attached hydrogen (secondary N) is 1. The van der Waals surface area contributed by atoms with Crippen molar-refractivity contribution in [3.63, 3.8) is 0 Å². The van der Waals surface area contributed by atoms with Crippen LogP contribution in [0.4, 0.5) is 0 Å². The lowest BCUT2D eigenvalue weighted by Gasteiger charge is -2.18. The van der Waals surface area contributed by atoms with Crippen molar-refractivity contribution in [3.05, 3.63) is 71.8 Å². The predicted octanol–water partition coefficient (Wildman–Crippen LogP) is 5.14. The van der Waals surface area contributed by atoms with Crippen molar-refractivity contribution >= 4 is 40.7 Å². The first kappa shape index (κ1) is 16.7. The van der Waals surface area contributed by atoms with Gasteiger partial charge in [-0.05, 0) is 18.1 Å². The van der Waals surface area contributed by atoms with Crippen LogP contribution in [0.5, 0.6) is 0 Å². The van der Waals surface area contributed by atoms with Gasteiger partial charge in [-0.3, -0.25) is 5.41 Å². The minimum Gasteiger partial charge on any atom is -0.456 e. The number of alkyl halides is 3. The van der Waals surface area contributed by atoms with Gasteiger partial charge in [0, 0.05) is 11.1 Å². The predicted molar refractivity (Wildman–Crippen MR) is 91.6 cm³/mol. The summed E-state index contributed by atoms with van der Waals surface area (Å²) in [5, 5.41) is 7.72. The zero-order valence-corrected chi connectivity index (χ0v) is 13.7. The van der Waals surface area contributed by atoms with Crippen LogP contribution in [-0.2, 0) is 4.74 Å². The second-order valence-electron chi connectivity index (χ2n) is 4.37. The summed E-state index contributed by atoms with van der Waals surface area (Å²) in [6, 6.07) is 18.7. The van der Waals surface area contributed by atoms with Crippen molar-refractivity contribution in [1.29, 1.82) is 5.41 Å². The van der Waals surface area contributed by atoms with E-state index in [-0.39, 0.29) is 0 Å². The Hall–Kier alpha value is -1.66. The molecule has 1 atom stereocenters. The lowest BCUT2D eigenvalue weighted by Crippen LogP contribution is -2.23. The minimum atomic E-state index is -1.92. The second-order valence-corrected chi connectivity index (χ2v) is 6.65. The minimum absolute atomic E-state index is 0.464. The van der Waals surface area contributed by atoms with Gasteiger partial charge in [0.25, 0.3) is 3.79 Å². The topological polar surface area (TPSA) is 33.1 Å². The van der Waals surface area contributed by atoms with E-state index in [1.165, 1.54) is 0 Å². The quantitative estimate of drug-likeness (QED) is 0.345. The number of hydrogen-bond acceptors (Lipinski definition) is 2. The Kier molecular flexibility index (Phi) is 5.74. The average Bonchev–Trinajstić information content (AvgIpc) is 2.52. The summed E-state index contributed by atoms with van der Waals surface area (Å²) in [6.07, 6.45) is -0.690. The Morgan fingerprint density at radius 3 is 2.05 bits per heavy atom. The summed E-state index contributed by atoms with van der Waals surface area (Å²) in [5.74, 6) is 5.50. The smallest absolute Gasteiger partial charge is 0.265 e. The van der Waals surface area contributed by atoms with Gasteiger partial charge < -0.3 is 4.74 Å². The molecule has 2 aromatic carbocycles. The molecule has 1 N–H and O–H groups in total. The van der Waals surface area contributed by atoms with Gasteiger partial charge in [-0.25, -0.2) is 0 Å². The average molecular weight is 353 g/mol. The van der Waals surface area contributed by atoms with E-state index in [4.69, 9.17) is 44.9 Å². The molecule has 5 heteroatoms. The molecule has 0 heterocycles. The van der Waals surface area contributed by atoms with E-state index in [0.717, 1.165) is 11.1 Å². The van der Waals surface area contributed by atoms with Crippen LogP contribution in [0, 0.1) is 17.3 Å². The molecular formula is C17H12Cl3NO. The Labute approximate surface area is 144 Å². The molecule has 0 aliphatic carbocycles. The van der Waals surface area contributed by atoms with Crippen LogP contribution in [0.15, 0.2) is 60.7 Å². The maximum atomic E-state index is 7.72. The van der Waals surface area contributed by atoms with Gasteiger partial charge in [0.05, 0.1) is 0 Å². The van der Waals surface area contributed by atoms with Crippen LogP contribution in [0.25, 0.3) is 0 Å². The monoisotopic (exact) mass is 351 g/mol. The molecule has 0 fully saturated rings. The summed E-state index contributed by atoms with van der Waals surface area (Å²) in [7, 11) is 0. The fraction of sp³-hybridized carbons (Fsp3) is 0.118. The lowest BCUT2D eigenvalue weighted by atomic mass is 10.1. The molecule has 2 aromatic rings. The molecule has 2 nitrogen and oxygen atoms in total. The summed E-state index contributed by atoms with van der Waals surface area (Å²) < 4.78 is 3.52. The molecular weight excluding hydrogens is 341 g/mol. The van der Waals surface area contributed by atoms with Gasteiger partial charge in [0.1, 0.15) is 0 Å². The van der Waals surface area contributed by atoms with Gasteiger partial charge in [-0.2, -0.15) is 0 Å². The standard InChI is InChI=1S/C17H12Cl3NO/c18-17(19,20)16(21)22-15(14-9-5-2-6-10-14)12-11-13-7-3-1-4-8-13/h1-10,15,21H. The first-order chi connectivity index (χ1) is 10.5. The fourth-order valence-electron chi connectivity index (χ4n) is 1.66.